The molecule has 7 heteroatoms. The van der Waals surface area contributed by atoms with Gasteiger partial charge in [-0.25, -0.2) is 4.98 Å². The number of aromatic nitrogens is 2. The van der Waals surface area contributed by atoms with Crippen molar-refractivity contribution in [3.63, 3.8) is 0 Å². The molecule has 3 aromatic rings. The molecule has 27 heavy (non-hydrogen) atoms. The van der Waals surface area contributed by atoms with Crippen LogP contribution in [0, 0.1) is 0 Å². The van der Waals surface area contributed by atoms with Gasteiger partial charge in [0.15, 0.2) is 0 Å². The number of hydrogen-bond acceptors (Lipinski definition) is 6. The highest BCUT2D eigenvalue weighted by molar-refractivity contribution is 7.17. The van der Waals surface area contributed by atoms with Crippen LogP contribution in [-0.2, 0) is 16.1 Å². The predicted octanol–water partition coefficient (Wildman–Crippen LogP) is 3.87. The van der Waals surface area contributed by atoms with E-state index in [0.29, 0.717) is 23.4 Å². The van der Waals surface area contributed by atoms with Crippen molar-refractivity contribution in [2.24, 2.45) is 0 Å². The van der Waals surface area contributed by atoms with Crippen molar-refractivity contribution in [3.05, 3.63) is 46.3 Å². The number of fused-ring (bicyclic) bond motifs is 1. The maximum absolute atomic E-state index is 12.9. The number of ether oxygens (including phenoxy) is 2. The number of rotatable bonds is 8. The van der Waals surface area contributed by atoms with Gasteiger partial charge in [0.1, 0.15) is 17.1 Å². The topological polar surface area (TPSA) is 70.4 Å². The lowest BCUT2D eigenvalue weighted by Crippen LogP contribution is -2.25. The highest BCUT2D eigenvalue weighted by Gasteiger charge is 2.15. The van der Waals surface area contributed by atoms with Gasteiger partial charge in [-0.1, -0.05) is 26.0 Å². The first-order valence-corrected chi connectivity index (χ1v) is 9.87. The summed E-state index contributed by atoms with van der Waals surface area (Å²) in [5, 5.41) is 2.44. The third kappa shape index (κ3) is 4.36. The van der Waals surface area contributed by atoms with Crippen LogP contribution in [0.5, 0.6) is 5.75 Å². The average Bonchev–Trinajstić information content (AvgIpc) is 3.12. The second-order valence-corrected chi connectivity index (χ2v) is 6.96. The molecule has 0 radical (unpaired) electrons. The lowest BCUT2D eigenvalue weighted by Gasteiger charge is -2.07. The van der Waals surface area contributed by atoms with Crippen LogP contribution in [0.15, 0.2) is 40.8 Å². The molecule has 3 rings (SSSR count). The fourth-order valence-corrected chi connectivity index (χ4v) is 3.55. The molecular weight excluding hydrogens is 364 g/mol. The molecule has 0 fully saturated rings. The van der Waals surface area contributed by atoms with Crippen LogP contribution >= 0.6 is 11.3 Å². The number of thiophene rings is 1. The molecule has 0 N–H and O–H groups in total. The smallest absolute Gasteiger partial charge is 0.326 e. The Hall–Kier alpha value is -2.67. The Labute approximate surface area is 161 Å². The van der Waals surface area contributed by atoms with E-state index in [0.717, 1.165) is 29.7 Å². The van der Waals surface area contributed by atoms with Crippen molar-refractivity contribution in [2.45, 2.75) is 33.2 Å². The fraction of sp³-hybridized carbons (Fsp3) is 0.350. The summed E-state index contributed by atoms with van der Waals surface area (Å²) in [6.07, 6.45) is 3.09. The first-order valence-electron chi connectivity index (χ1n) is 8.99. The van der Waals surface area contributed by atoms with E-state index in [1.807, 2.05) is 36.6 Å². The van der Waals surface area contributed by atoms with Gasteiger partial charge in [0, 0.05) is 10.9 Å². The normalized spacial score (nSPS) is 10.9. The summed E-state index contributed by atoms with van der Waals surface area (Å²) >= 11 is 1.41. The van der Waals surface area contributed by atoms with Crippen molar-refractivity contribution >= 4 is 27.5 Å². The van der Waals surface area contributed by atoms with Crippen LogP contribution in [0.2, 0.25) is 0 Å². The monoisotopic (exact) mass is 386 g/mol. The molecule has 0 atom stereocenters. The summed E-state index contributed by atoms with van der Waals surface area (Å²) in [6, 6.07) is 7.65. The lowest BCUT2D eigenvalue weighted by molar-refractivity contribution is -0.144. The molecule has 2 heterocycles. The zero-order valence-electron chi connectivity index (χ0n) is 15.4. The number of benzene rings is 1. The van der Waals surface area contributed by atoms with Crippen LogP contribution < -0.4 is 10.3 Å². The largest absolute Gasteiger partial charge is 0.494 e. The van der Waals surface area contributed by atoms with Crippen LogP contribution in [-0.4, -0.2) is 28.7 Å². The second-order valence-electron chi connectivity index (χ2n) is 6.10. The zero-order chi connectivity index (χ0) is 19.2. The van der Waals surface area contributed by atoms with Gasteiger partial charge in [-0.15, -0.1) is 11.3 Å². The molecular formula is C20H22N2O4S. The van der Waals surface area contributed by atoms with E-state index in [9.17, 15) is 9.59 Å². The molecule has 0 aliphatic heterocycles. The van der Waals surface area contributed by atoms with E-state index in [-0.39, 0.29) is 12.1 Å². The molecule has 0 aliphatic carbocycles. The maximum atomic E-state index is 12.9. The van der Waals surface area contributed by atoms with Gasteiger partial charge in [-0.2, -0.15) is 0 Å². The van der Waals surface area contributed by atoms with Crippen molar-refractivity contribution < 1.29 is 14.3 Å². The van der Waals surface area contributed by atoms with E-state index in [2.05, 4.69) is 11.9 Å². The molecule has 0 saturated heterocycles. The van der Waals surface area contributed by atoms with E-state index < -0.39 is 5.97 Å². The Balaban J connectivity index is 1.91. The van der Waals surface area contributed by atoms with Gasteiger partial charge in [0.2, 0.25) is 0 Å². The Bertz CT molecular complexity index is 976. The highest BCUT2D eigenvalue weighted by atomic mass is 32.1. The van der Waals surface area contributed by atoms with Gasteiger partial charge < -0.3 is 9.47 Å². The Kier molecular flexibility index (Phi) is 6.24. The summed E-state index contributed by atoms with van der Waals surface area (Å²) in [7, 11) is 0. The minimum Gasteiger partial charge on any atom is -0.494 e. The fourth-order valence-electron chi connectivity index (χ4n) is 2.64. The van der Waals surface area contributed by atoms with Gasteiger partial charge in [0.05, 0.1) is 24.9 Å². The first-order chi connectivity index (χ1) is 13.1. The minimum atomic E-state index is -0.436. The van der Waals surface area contributed by atoms with Crippen molar-refractivity contribution in [3.8, 4) is 16.9 Å². The predicted molar refractivity (Wildman–Crippen MR) is 106 cm³/mol. The van der Waals surface area contributed by atoms with Gasteiger partial charge in [0.25, 0.3) is 5.56 Å². The molecule has 0 aliphatic rings. The molecule has 0 spiro atoms. The lowest BCUT2D eigenvalue weighted by atomic mass is 10.1. The molecule has 0 amide bonds. The molecule has 1 aromatic carbocycles. The van der Waals surface area contributed by atoms with Crippen LogP contribution in [0.25, 0.3) is 21.3 Å². The number of carbonyl (C=O) groups excluding carboxylic acids is 1. The van der Waals surface area contributed by atoms with Gasteiger partial charge in [-0.05, 0) is 30.5 Å². The zero-order valence-corrected chi connectivity index (χ0v) is 16.3. The minimum absolute atomic E-state index is 0.138. The Morgan fingerprint density at radius 1 is 1.15 bits per heavy atom. The van der Waals surface area contributed by atoms with E-state index >= 15 is 0 Å². The standard InChI is InChI=1S/C20H22N2O4S/c1-3-9-25-15-7-5-14(6-8-15)16-12-27-19-18(16)20(24)22(13-21-19)11-17(23)26-10-4-2/h5-8,12-13H,3-4,9-11H2,1-2H3. The summed E-state index contributed by atoms with van der Waals surface area (Å²) < 4.78 is 12.0. The molecule has 0 saturated carbocycles. The van der Waals surface area contributed by atoms with Crippen LogP contribution in [0.4, 0.5) is 0 Å². The van der Waals surface area contributed by atoms with Crippen molar-refractivity contribution in [1.29, 1.82) is 0 Å². The quantitative estimate of drug-likeness (QED) is 0.550. The summed E-state index contributed by atoms with van der Waals surface area (Å²) in [6.45, 7) is 4.86. The Morgan fingerprint density at radius 3 is 2.59 bits per heavy atom. The van der Waals surface area contributed by atoms with Crippen LogP contribution in [0.1, 0.15) is 26.7 Å². The molecule has 0 unspecified atom stereocenters. The second kappa shape index (κ2) is 8.81. The molecule has 2 aromatic heterocycles. The summed E-state index contributed by atoms with van der Waals surface area (Å²) in [5.74, 6) is 0.364. The third-order valence-corrected chi connectivity index (χ3v) is 4.85. The first kappa shape index (κ1) is 19.1. The maximum Gasteiger partial charge on any atom is 0.326 e. The average molecular weight is 386 g/mol. The number of esters is 1. The molecule has 142 valence electrons. The van der Waals surface area contributed by atoms with Crippen molar-refractivity contribution in [1.82, 2.24) is 9.55 Å². The van der Waals surface area contributed by atoms with E-state index in [4.69, 9.17) is 9.47 Å². The third-order valence-electron chi connectivity index (χ3n) is 3.97. The highest BCUT2D eigenvalue weighted by Crippen LogP contribution is 2.31. The molecule has 0 bridgehead atoms. The Morgan fingerprint density at radius 2 is 1.89 bits per heavy atom. The number of carbonyl (C=O) groups is 1. The van der Waals surface area contributed by atoms with Gasteiger partial charge in [-0.3, -0.25) is 14.2 Å². The van der Waals surface area contributed by atoms with Crippen LogP contribution in [0.3, 0.4) is 0 Å². The number of hydrogen-bond donors (Lipinski definition) is 0. The van der Waals surface area contributed by atoms with E-state index in [1.165, 1.54) is 22.2 Å². The SMILES string of the molecule is CCCOC(=O)Cn1cnc2scc(-c3ccc(OCCC)cc3)c2c1=O. The van der Waals surface area contributed by atoms with Crippen molar-refractivity contribution in [2.75, 3.05) is 13.2 Å². The number of nitrogens with zero attached hydrogens (tertiary/aromatic N) is 2. The van der Waals surface area contributed by atoms with E-state index in [1.54, 1.807) is 0 Å². The summed E-state index contributed by atoms with van der Waals surface area (Å²) in [5.41, 5.74) is 1.48. The van der Waals surface area contributed by atoms with Gasteiger partial charge >= 0.3 is 5.97 Å². The summed E-state index contributed by atoms with van der Waals surface area (Å²) in [4.78, 5) is 29.7. The molecule has 6 nitrogen and oxygen atoms in total.